The fourth-order valence-electron chi connectivity index (χ4n) is 1.96. The Kier molecular flexibility index (Phi) is 5.85. The lowest BCUT2D eigenvalue weighted by molar-refractivity contribution is -0.160. The second kappa shape index (κ2) is 7.23. The number of carbonyl (C=O) groups excluding carboxylic acids is 2. The standard InChI is InChI=1S/C17H22N2O4/c1-6-17(11-18,15(21)23-16(3,4)5)13-9-8-12(10-19-13)14(20)22-7-2/h8-10H,6-7H2,1-5H3. The van der Waals surface area contributed by atoms with E-state index < -0.39 is 23.0 Å². The van der Waals surface area contributed by atoms with Crippen molar-refractivity contribution in [3.05, 3.63) is 29.6 Å². The van der Waals surface area contributed by atoms with Crippen molar-refractivity contribution < 1.29 is 19.1 Å². The van der Waals surface area contributed by atoms with E-state index in [1.807, 2.05) is 6.07 Å². The first-order chi connectivity index (χ1) is 10.7. The lowest BCUT2D eigenvalue weighted by Gasteiger charge is -2.28. The maximum atomic E-state index is 12.5. The Labute approximate surface area is 136 Å². The van der Waals surface area contributed by atoms with Crippen LogP contribution in [0, 0.1) is 11.3 Å². The van der Waals surface area contributed by atoms with E-state index in [0.717, 1.165) is 0 Å². The minimum atomic E-state index is -1.50. The fraction of sp³-hybridized carbons (Fsp3) is 0.529. The summed E-state index contributed by atoms with van der Waals surface area (Å²) in [5, 5.41) is 9.58. The first kappa shape index (κ1) is 18.6. The van der Waals surface area contributed by atoms with Gasteiger partial charge in [0.15, 0.2) is 5.41 Å². The summed E-state index contributed by atoms with van der Waals surface area (Å²) >= 11 is 0. The van der Waals surface area contributed by atoms with Crippen LogP contribution in [0.3, 0.4) is 0 Å². The van der Waals surface area contributed by atoms with Crippen LogP contribution >= 0.6 is 0 Å². The Morgan fingerprint density at radius 2 is 1.91 bits per heavy atom. The molecule has 0 saturated heterocycles. The SMILES string of the molecule is CCOC(=O)c1ccc(C(C#N)(CC)C(=O)OC(C)(C)C)nc1. The largest absolute Gasteiger partial charge is 0.462 e. The average Bonchev–Trinajstić information content (AvgIpc) is 2.48. The zero-order valence-corrected chi connectivity index (χ0v) is 14.2. The first-order valence-electron chi connectivity index (χ1n) is 7.48. The molecule has 1 atom stereocenters. The molecule has 1 rings (SSSR count). The van der Waals surface area contributed by atoms with Gasteiger partial charge in [0, 0.05) is 6.20 Å². The molecule has 0 amide bonds. The van der Waals surface area contributed by atoms with Crippen molar-refractivity contribution in [1.29, 1.82) is 5.26 Å². The van der Waals surface area contributed by atoms with Crippen molar-refractivity contribution in [3.63, 3.8) is 0 Å². The number of aromatic nitrogens is 1. The number of ether oxygens (including phenoxy) is 2. The van der Waals surface area contributed by atoms with Gasteiger partial charge in [-0.2, -0.15) is 5.26 Å². The molecule has 0 saturated carbocycles. The average molecular weight is 318 g/mol. The van der Waals surface area contributed by atoms with Crippen molar-refractivity contribution >= 4 is 11.9 Å². The molecular formula is C17H22N2O4. The minimum absolute atomic E-state index is 0.212. The van der Waals surface area contributed by atoms with Gasteiger partial charge in [0.1, 0.15) is 5.60 Å². The van der Waals surface area contributed by atoms with Crippen molar-refractivity contribution in [2.45, 2.75) is 52.1 Å². The summed E-state index contributed by atoms with van der Waals surface area (Å²) in [6.45, 7) is 8.89. The van der Waals surface area contributed by atoms with E-state index in [1.165, 1.54) is 18.3 Å². The van der Waals surface area contributed by atoms with Crippen LogP contribution in [0.1, 0.15) is 57.1 Å². The van der Waals surface area contributed by atoms with Gasteiger partial charge in [0.25, 0.3) is 0 Å². The molecule has 23 heavy (non-hydrogen) atoms. The third kappa shape index (κ3) is 4.28. The molecule has 0 aliphatic rings. The van der Waals surface area contributed by atoms with Crippen LogP contribution in [0.2, 0.25) is 0 Å². The Bertz CT molecular complexity index is 611. The maximum absolute atomic E-state index is 12.5. The van der Waals surface area contributed by atoms with Gasteiger partial charge in [0.05, 0.1) is 23.9 Å². The molecule has 0 fully saturated rings. The molecule has 1 aromatic heterocycles. The topological polar surface area (TPSA) is 89.3 Å². The van der Waals surface area contributed by atoms with E-state index in [2.05, 4.69) is 4.98 Å². The lowest BCUT2D eigenvalue weighted by atomic mass is 9.82. The second-order valence-corrected chi connectivity index (χ2v) is 6.03. The van der Waals surface area contributed by atoms with Gasteiger partial charge in [0.2, 0.25) is 0 Å². The molecule has 0 aliphatic heterocycles. The molecule has 0 N–H and O–H groups in total. The van der Waals surface area contributed by atoms with Gasteiger partial charge in [-0.1, -0.05) is 6.92 Å². The van der Waals surface area contributed by atoms with Gasteiger partial charge >= 0.3 is 11.9 Å². The zero-order valence-electron chi connectivity index (χ0n) is 14.2. The molecule has 0 aromatic carbocycles. The van der Waals surface area contributed by atoms with Crippen LogP contribution < -0.4 is 0 Å². The Morgan fingerprint density at radius 3 is 2.30 bits per heavy atom. The Morgan fingerprint density at radius 1 is 1.26 bits per heavy atom. The number of esters is 2. The van der Waals surface area contributed by atoms with Crippen LogP contribution in [0.5, 0.6) is 0 Å². The maximum Gasteiger partial charge on any atom is 0.339 e. The van der Waals surface area contributed by atoms with Gasteiger partial charge in [-0.15, -0.1) is 0 Å². The normalized spacial score (nSPS) is 13.6. The molecule has 1 heterocycles. The van der Waals surface area contributed by atoms with Crippen LogP contribution in [0.25, 0.3) is 0 Å². The van der Waals surface area contributed by atoms with E-state index in [0.29, 0.717) is 0 Å². The highest BCUT2D eigenvalue weighted by atomic mass is 16.6. The van der Waals surface area contributed by atoms with E-state index in [-0.39, 0.29) is 24.3 Å². The van der Waals surface area contributed by atoms with Crippen molar-refractivity contribution in [1.82, 2.24) is 4.98 Å². The first-order valence-corrected chi connectivity index (χ1v) is 7.48. The molecule has 0 aliphatic carbocycles. The summed E-state index contributed by atoms with van der Waals surface area (Å²) < 4.78 is 10.2. The van der Waals surface area contributed by atoms with Gasteiger partial charge in [-0.25, -0.2) is 9.59 Å². The molecule has 0 bridgehead atoms. The number of nitriles is 1. The van der Waals surface area contributed by atoms with Crippen LogP contribution in [-0.2, 0) is 19.7 Å². The van der Waals surface area contributed by atoms with Gasteiger partial charge < -0.3 is 9.47 Å². The molecule has 6 heteroatoms. The van der Waals surface area contributed by atoms with Crippen molar-refractivity contribution in [2.24, 2.45) is 0 Å². The van der Waals surface area contributed by atoms with E-state index >= 15 is 0 Å². The smallest absolute Gasteiger partial charge is 0.339 e. The van der Waals surface area contributed by atoms with E-state index in [9.17, 15) is 14.9 Å². The number of carbonyl (C=O) groups is 2. The number of hydrogen-bond acceptors (Lipinski definition) is 6. The summed E-state index contributed by atoms with van der Waals surface area (Å²) in [5.74, 6) is -1.14. The summed E-state index contributed by atoms with van der Waals surface area (Å²) in [5.41, 5.74) is -1.69. The number of pyridine rings is 1. The number of nitrogens with zero attached hydrogens (tertiary/aromatic N) is 2. The highest BCUT2D eigenvalue weighted by Crippen LogP contribution is 2.29. The monoisotopic (exact) mass is 318 g/mol. The minimum Gasteiger partial charge on any atom is -0.462 e. The second-order valence-electron chi connectivity index (χ2n) is 6.03. The van der Waals surface area contributed by atoms with Crippen LogP contribution in [-0.4, -0.2) is 29.1 Å². The third-order valence-electron chi connectivity index (χ3n) is 3.18. The van der Waals surface area contributed by atoms with E-state index in [4.69, 9.17) is 9.47 Å². The van der Waals surface area contributed by atoms with Crippen molar-refractivity contribution in [2.75, 3.05) is 6.61 Å². The Hall–Kier alpha value is -2.42. The molecule has 1 aromatic rings. The number of rotatable bonds is 5. The quantitative estimate of drug-likeness (QED) is 0.775. The molecule has 0 radical (unpaired) electrons. The molecule has 0 spiro atoms. The molecule has 6 nitrogen and oxygen atoms in total. The predicted molar refractivity (Wildman–Crippen MR) is 83.6 cm³/mol. The van der Waals surface area contributed by atoms with Gasteiger partial charge in [-0.3, -0.25) is 4.98 Å². The lowest BCUT2D eigenvalue weighted by Crippen LogP contribution is -2.40. The predicted octanol–water partition coefficient (Wildman–Crippen LogP) is 2.77. The summed E-state index contributed by atoms with van der Waals surface area (Å²) in [4.78, 5) is 28.3. The van der Waals surface area contributed by atoms with Crippen LogP contribution in [0.4, 0.5) is 0 Å². The number of hydrogen-bond donors (Lipinski definition) is 0. The van der Waals surface area contributed by atoms with E-state index in [1.54, 1.807) is 34.6 Å². The summed E-state index contributed by atoms with van der Waals surface area (Å²) in [7, 11) is 0. The molecule has 124 valence electrons. The van der Waals surface area contributed by atoms with Gasteiger partial charge in [-0.05, 0) is 46.2 Å². The third-order valence-corrected chi connectivity index (χ3v) is 3.18. The highest BCUT2D eigenvalue weighted by molar-refractivity contribution is 5.90. The van der Waals surface area contributed by atoms with Crippen molar-refractivity contribution in [3.8, 4) is 6.07 Å². The molecular weight excluding hydrogens is 296 g/mol. The summed E-state index contributed by atoms with van der Waals surface area (Å²) in [6, 6.07) is 5.01. The molecule has 1 unspecified atom stereocenters. The summed E-state index contributed by atoms with van der Waals surface area (Å²) in [6.07, 6.45) is 1.52. The van der Waals surface area contributed by atoms with Crippen LogP contribution in [0.15, 0.2) is 18.3 Å². The zero-order chi connectivity index (χ0) is 17.7. The Balaban J connectivity index is 3.18. The fourth-order valence-corrected chi connectivity index (χ4v) is 1.96. The highest BCUT2D eigenvalue weighted by Gasteiger charge is 2.43.